The number of benzene rings is 2. The lowest BCUT2D eigenvalue weighted by atomic mass is 9.98. The summed E-state index contributed by atoms with van der Waals surface area (Å²) in [6.45, 7) is 4.26. The first kappa shape index (κ1) is 23.3. The van der Waals surface area contributed by atoms with Crippen molar-refractivity contribution in [3.63, 3.8) is 0 Å². The van der Waals surface area contributed by atoms with Crippen LogP contribution in [0.3, 0.4) is 0 Å². The Morgan fingerprint density at radius 2 is 1.41 bits per heavy atom. The minimum absolute atomic E-state index is 0.00560. The van der Waals surface area contributed by atoms with Gasteiger partial charge in [0.15, 0.2) is 0 Å². The van der Waals surface area contributed by atoms with Crippen LogP contribution in [0.4, 0.5) is 4.79 Å². The van der Waals surface area contributed by atoms with Crippen LogP contribution in [-0.2, 0) is 14.3 Å². The van der Waals surface area contributed by atoms with Gasteiger partial charge in [0.1, 0.15) is 6.61 Å². The Morgan fingerprint density at radius 3 is 2.00 bits per heavy atom. The van der Waals surface area contributed by atoms with E-state index < -0.39 is 18.0 Å². The van der Waals surface area contributed by atoms with E-state index in [0.29, 0.717) is 25.9 Å². The third-order valence-electron chi connectivity index (χ3n) is 5.94. The zero-order chi connectivity index (χ0) is 23.1. The second kappa shape index (κ2) is 10.8. The number of nitrogens with one attached hydrogen (secondary N) is 2. The van der Waals surface area contributed by atoms with E-state index in [2.05, 4.69) is 34.9 Å². The lowest BCUT2D eigenvalue weighted by Crippen LogP contribution is -2.34. The normalized spacial score (nSPS) is 14.1. The first-order valence-corrected chi connectivity index (χ1v) is 11.0. The van der Waals surface area contributed by atoms with Crippen molar-refractivity contribution < 1.29 is 24.2 Å². The van der Waals surface area contributed by atoms with Crippen molar-refractivity contribution in [2.24, 2.45) is 11.8 Å². The highest BCUT2D eigenvalue weighted by atomic mass is 16.5. The summed E-state index contributed by atoms with van der Waals surface area (Å²) in [5, 5.41) is 14.3. The third kappa shape index (κ3) is 5.66. The summed E-state index contributed by atoms with van der Waals surface area (Å²) in [4.78, 5) is 35.1. The fourth-order valence-electron chi connectivity index (χ4n) is 3.88. The number of ether oxygens (including phenoxy) is 1. The molecule has 7 heteroatoms. The van der Waals surface area contributed by atoms with E-state index in [1.165, 1.54) is 11.1 Å². The van der Waals surface area contributed by atoms with Crippen LogP contribution in [-0.4, -0.2) is 42.8 Å². The zero-order valence-electron chi connectivity index (χ0n) is 18.5. The maximum atomic E-state index is 12.2. The average Bonchev–Trinajstić information content (AvgIpc) is 3.11. The Morgan fingerprint density at radius 1 is 0.875 bits per heavy atom. The molecule has 0 saturated heterocycles. The number of fused-ring (bicyclic) bond motifs is 3. The zero-order valence-corrected chi connectivity index (χ0v) is 18.5. The maximum Gasteiger partial charge on any atom is 0.407 e. The SMILES string of the molecule is CC(CCNC(=O)C(C)CCNC(=O)OCC1c2ccccc2-c2ccccc21)C(=O)O. The van der Waals surface area contributed by atoms with Crippen molar-refractivity contribution in [2.75, 3.05) is 19.7 Å². The van der Waals surface area contributed by atoms with Gasteiger partial charge < -0.3 is 20.5 Å². The summed E-state index contributed by atoms with van der Waals surface area (Å²) >= 11 is 0. The van der Waals surface area contributed by atoms with Gasteiger partial charge in [0, 0.05) is 24.9 Å². The topological polar surface area (TPSA) is 105 Å². The molecule has 1 aliphatic rings. The van der Waals surface area contributed by atoms with Crippen molar-refractivity contribution in [1.82, 2.24) is 10.6 Å². The van der Waals surface area contributed by atoms with Crippen LogP contribution in [0.2, 0.25) is 0 Å². The number of carboxylic acids is 1. The van der Waals surface area contributed by atoms with Crippen molar-refractivity contribution in [3.05, 3.63) is 59.7 Å². The van der Waals surface area contributed by atoms with Crippen molar-refractivity contribution in [3.8, 4) is 11.1 Å². The molecule has 7 nitrogen and oxygen atoms in total. The Bertz CT molecular complexity index is 929. The molecule has 2 aromatic carbocycles. The molecule has 0 aliphatic heterocycles. The summed E-state index contributed by atoms with van der Waals surface area (Å²) in [6, 6.07) is 16.3. The number of carbonyl (C=O) groups excluding carboxylic acids is 2. The Labute approximate surface area is 188 Å². The summed E-state index contributed by atoms with van der Waals surface area (Å²) in [5.74, 6) is -1.83. The Hall–Kier alpha value is -3.35. The minimum atomic E-state index is -0.875. The predicted molar refractivity (Wildman–Crippen MR) is 121 cm³/mol. The number of alkyl carbamates (subject to hydrolysis) is 1. The van der Waals surface area contributed by atoms with Crippen molar-refractivity contribution in [2.45, 2.75) is 32.6 Å². The molecule has 0 spiro atoms. The molecule has 3 N–H and O–H groups in total. The monoisotopic (exact) mass is 438 g/mol. The number of amides is 2. The summed E-state index contributed by atoms with van der Waals surface area (Å²) in [7, 11) is 0. The van der Waals surface area contributed by atoms with Gasteiger partial charge in [-0.05, 0) is 35.1 Å². The standard InChI is InChI=1S/C25H30N2O5/c1-16(23(28)26-13-12-17(2)24(29)30)11-14-27-25(31)32-15-22-20-9-5-3-7-18(20)19-8-4-6-10-21(19)22/h3-10,16-17,22H,11-15H2,1-2H3,(H,26,28)(H,27,31)(H,29,30). The van der Waals surface area contributed by atoms with Gasteiger partial charge in [-0.1, -0.05) is 62.4 Å². The van der Waals surface area contributed by atoms with Crippen LogP contribution in [0.15, 0.2) is 48.5 Å². The molecule has 1 aliphatic carbocycles. The Kier molecular flexibility index (Phi) is 7.87. The van der Waals surface area contributed by atoms with E-state index in [4.69, 9.17) is 9.84 Å². The van der Waals surface area contributed by atoms with Gasteiger partial charge in [-0.15, -0.1) is 0 Å². The smallest absolute Gasteiger partial charge is 0.407 e. The van der Waals surface area contributed by atoms with Crippen molar-refractivity contribution in [1.29, 1.82) is 0 Å². The highest BCUT2D eigenvalue weighted by molar-refractivity contribution is 5.79. The van der Waals surface area contributed by atoms with Gasteiger partial charge >= 0.3 is 12.1 Å². The van der Waals surface area contributed by atoms with Crippen LogP contribution in [0.25, 0.3) is 11.1 Å². The van der Waals surface area contributed by atoms with E-state index in [1.807, 2.05) is 24.3 Å². The van der Waals surface area contributed by atoms with Crippen LogP contribution in [0.1, 0.15) is 43.7 Å². The van der Waals surface area contributed by atoms with Gasteiger partial charge in [0.25, 0.3) is 0 Å². The molecular formula is C25H30N2O5. The van der Waals surface area contributed by atoms with E-state index in [9.17, 15) is 14.4 Å². The van der Waals surface area contributed by atoms with Crippen LogP contribution < -0.4 is 10.6 Å². The van der Waals surface area contributed by atoms with Gasteiger partial charge in [0.2, 0.25) is 5.91 Å². The van der Waals surface area contributed by atoms with Crippen LogP contribution in [0, 0.1) is 11.8 Å². The molecule has 2 amide bonds. The van der Waals surface area contributed by atoms with Crippen molar-refractivity contribution >= 4 is 18.0 Å². The molecule has 3 rings (SSSR count). The molecule has 0 fully saturated rings. The third-order valence-corrected chi connectivity index (χ3v) is 5.94. The quantitative estimate of drug-likeness (QED) is 0.524. The molecule has 2 atom stereocenters. The lowest BCUT2D eigenvalue weighted by Gasteiger charge is -2.16. The van der Waals surface area contributed by atoms with Gasteiger partial charge in [0.05, 0.1) is 5.92 Å². The molecule has 0 aromatic heterocycles. The molecule has 2 unspecified atom stereocenters. The van der Waals surface area contributed by atoms with Crippen LogP contribution in [0.5, 0.6) is 0 Å². The first-order valence-electron chi connectivity index (χ1n) is 11.0. The number of hydrogen-bond acceptors (Lipinski definition) is 4. The summed E-state index contributed by atoms with van der Waals surface area (Å²) in [6.07, 6.45) is 0.339. The van der Waals surface area contributed by atoms with Gasteiger partial charge in [-0.2, -0.15) is 0 Å². The first-order chi connectivity index (χ1) is 15.4. The molecule has 32 heavy (non-hydrogen) atoms. The molecule has 0 heterocycles. The second-order valence-electron chi connectivity index (χ2n) is 8.26. The number of carbonyl (C=O) groups is 3. The minimum Gasteiger partial charge on any atom is -0.481 e. The highest BCUT2D eigenvalue weighted by Crippen LogP contribution is 2.44. The fraction of sp³-hybridized carbons (Fsp3) is 0.400. The van der Waals surface area contributed by atoms with E-state index >= 15 is 0 Å². The number of aliphatic carboxylic acids is 1. The number of rotatable bonds is 10. The van der Waals surface area contributed by atoms with Crippen LogP contribution >= 0.6 is 0 Å². The highest BCUT2D eigenvalue weighted by Gasteiger charge is 2.29. The second-order valence-corrected chi connectivity index (χ2v) is 8.26. The van der Waals surface area contributed by atoms with E-state index in [0.717, 1.165) is 11.1 Å². The fourth-order valence-corrected chi connectivity index (χ4v) is 3.88. The summed E-state index contributed by atoms with van der Waals surface area (Å²) in [5.41, 5.74) is 4.66. The molecule has 170 valence electrons. The largest absolute Gasteiger partial charge is 0.481 e. The van der Waals surface area contributed by atoms with E-state index in [1.54, 1.807) is 13.8 Å². The predicted octanol–water partition coefficient (Wildman–Crippen LogP) is 3.78. The number of hydrogen-bond donors (Lipinski definition) is 3. The molecule has 0 radical (unpaired) electrons. The maximum absolute atomic E-state index is 12.2. The van der Waals surface area contributed by atoms with E-state index in [-0.39, 0.29) is 24.3 Å². The number of carboxylic acid groups (broad SMARTS) is 1. The molecule has 0 saturated carbocycles. The average molecular weight is 439 g/mol. The summed E-state index contributed by atoms with van der Waals surface area (Å²) < 4.78 is 5.49. The molecule has 0 bridgehead atoms. The van der Waals surface area contributed by atoms with Gasteiger partial charge in [-0.25, -0.2) is 4.79 Å². The molecule has 2 aromatic rings. The van der Waals surface area contributed by atoms with Gasteiger partial charge in [-0.3, -0.25) is 9.59 Å². The lowest BCUT2D eigenvalue weighted by molar-refractivity contribution is -0.141. The Balaban J connectivity index is 1.40. The molecular weight excluding hydrogens is 408 g/mol.